The molecule has 2 aromatic rings. The van der Waals surface area contributed by atoms with Crippen LogP contribution in [0.1, 0.15) is 30.5 Å². The summed E-state index contributed by atoms with van der Waals surface area (Å²) in [6.45, 7) is 3.97. The molecule has 2 aromatic heterocycles. The fourth-order valence-corrected chi connectivity index (χ4v) is 3.03. The SMILES string of the molecule is CC(C)c1nc(CSc2nnnn2CC(=O)O)cs1. The van der Waals surface area contributed by atoms with Crippen molar-refractivity contribution in [1.29, 1.82) is 0 Å². The number of carboxylic acids is 1. The van der Waals surface area contributed by atoms with Crippen LogP contribution in [-0.4, -0.2) is 36.3 Å². The molecule has 102 valence electrons. The van der Waals surface area contributed by atoms with Gasteiger partial charge in [0.1, 0.15) is 6.54 Å². The van der Waals surface area contributed by atoms with Crippen LogP contribution in [0.5, 0.6) is 0 Å². The zero-order chi connectivity index (χ0) is 13.8. The average Bonchev–Trinajstić information content (AvgIpc) is 2.94. The van der Waals surface area contributed by atoms with Crippen LogP contribution in [0.4, 0.5) is 0 Å². The third-order valence-corrected chi connectivity index (χ3v) is 4.38. The molecule has 0 bridgehead atoms. The van der Waals surface area contributed by atoms with Crippen molar-refractivity contribution >= 4 is 29.1 Å². The molecule has 0 aromatic carbocycles. The third kappa shape index (κ3) is 3.74. The monoisotopic (exact) mass is 299 g/mol. The predicted molar refractivity (Wildman–Crippen MR) is 71.2 cm³/mol. The lowest BCUT2D eigenvalue weighted by Gasteiger charge is -2.00. The van der Waals surface area contributed by atoms with Crippen molar-refractivity contribution < 1.29 is 9.90 Å². The maximum Gasteiger partial charge on any atom is 0.325 e. The van der Waals surface area contributed by atoms with E-state index in [0.29, 0.717) is 16.8 Å². The van der Waals surface area contributed by atoms with Crippen LogP contribution >= 0.6 is 23.1 Å². The van der Waals surface area contributed by atoms with Gasteiger partial charge in [0, 0.05) is 17.1 Å². The molecule has 19 heavy (non-hydrogen) atoms. The van der Waals surface area contributed by atoms with Crippen molar-refractivity contribution in [2.75, 3.05) is 0 Å². The molecule has 0 spiro atoms. The van der Waals surface area contributed by atoms with E-state index in [1.54, 1.807) is 11.3 Å². The molecule has 7 nitrogen and oxygen atoms in total. The number of carboxylic acid groups (broad SMARTS) is 1. The van der Waals surface area contributed by atoms with E-state index >= 15 is 0 Å². The molecule has 0 aliphatic heterocycles. The van der Waals surface area contributed by atoms with Gasteiger partial charge in [-0.25, -0.2) is 9.67 Å². The molecule has 2 rings (SSSR count). The average molecular weight is 299 g/mol. The van der Waals surface area contributed by atoms with Crippen LogP contribution in [0.25, 0.3) is 0 Å². The summed E-state index contributed by atoms with van der Waals surface area (Å²) in [5, 5.41) is 23.2. The molecule has 0 unspecified atom stereocenters. The Kier molecular flexibility index (Phi) is 4.48. The second kappa shape index (κ2) is 6.11. The smallest absolute Gasteiger partial charge is 0.325 e. The molecule has 0 amide bonds. The van der Waals surface area contributed by atoms with E-state index in [0.717, 1.165) is 10.7 Å². The van der Waals surface area contributed by atoms with Crippen molar-refractivity contribution in [3.8, 4) is 0 Å². The minimum Gasteiger partial charge on any atom is -0.480 e. The van der Waals surface area contributed by atoms with Gasteiger partial charge in [-0.3, -0.25) is 4.79 Å². The molecule has 9 heteroatoms. The highest BCUT2D eigenvalue weighted by atomic mass is 32.2. The number of thiazole rings is 1. The van der Waals surface area contributed by atoms with Crippen molar-refractivity contribution in [2.24, 2.45) is 0 Å². The number of rotatable bonds is 6. The Labute approximate surface area is 118 Å². The highest BCUT2D eigenvalue weighted by Gasteiger charge is 2.12. The Bertz CT molecular complexity index is 566. The van der Waals surface area contributed by atoms with Crippen molar-refractivity contribution in [3.05, 3.63) is 16.1 Å². The predicted octanol–water partition coefficient (Wildman–Crippen LogP) is 1.63. The summed E-state index contributed by atoms with van der Waals surface area (Å²) < 4.78 is 1.27. The number of hydrogen-bond donors (Lipinski definition) is 1. The second-order valence-electron chi connectivity index (χ2n) is 4.13. The van der Waals surface area contributed by atoms with Crippen molar-refractivity contribution in [3.63, 3.8) is 0 Å². The molecule has 2 heterocycles. The van der Waals surface area contributed by atoms with Gasteiger partial charge >= 0.3 is 5.97 Å². The van der Waals surface area contributed by atoms with Crippen LogP contribution < -0.4 is 0 Å². The number of nitrogens with zero attached hydrogens (tertiary/aromatic N) is 5. The van der Waals surface area contributed by atoms with E-state index in [4.69, 9.17) is 5.11 Å². The van der Waals surface area contributed by atoms with E-state index in [9.17, 15) is 4.79 Å². The standard InChI is InChI=1S/C10H13N5O2S2/c1-6(2)9-11-7(4-18-9)5-19-10-12-13-14-15(10)3-8(16)17/h4,6H,3,5H2,1-2H3,(H,16,17). The number of hydrogen-bond acceptors (Lipinski definition) is 7. The van der Waals surface area contributed by atoms with E-state index in [1.165, 1.54) is 16.4 Å². The highest BCUT2D eigenvalue weighted by Crippen LogP contribution is 2.24. The molecule has 0 atom stereocenters. The normalized spacial score (nSPS) is 11.1. The van der Waals surface area contributed by atoms with Crippen LogP contribution in [0.2, 0.25) is 0 Å². The fourth-order valence-electron chi connectivity index (χ4n) is 1.32. The van der Waals surface area contributed by atoms with Crippen molar-refractivity contribution in [2.45, 2.75) is 37.2 Å². The molecule has 0 radical (unpaired) electrons. The fraction of sp³-hybridized carbons (Fsp3) is 0.500. The number of carbonyl (C=O) groups is 1. The molecule has 0 saturated heterocycles. The molecule has 0 fully saturated rings. The summed E-state index contributed by atoms with van der Waals surface area (Å²) in [6.07, 6.45) is 0. The largest absolute Gasteiger partial charge is 0.480 e. The van der Waals surface area contributed by atoms with Gasteiger partial charge in [-0.05, 0) is 10.4 Å². The minimum absolute atomic E-state index is 0.232. The first-order valence-corrected chi connectivity index (χ1v) is 7.48. The van der Waals surface area contributed by atoms with E-state index in [1.807, 2.05) is 5.38 Å². The topological polar surface area (TPSA) is 93.8 Å². The molecule has 0 aliphatic carbocycles. The van der Waals surface area contributed by atoms with Gasteiger partial charge in [-0.1, -0.05) is 25.6 Å². The Morgan fingerprint density at radius 3 is 3.00 bits per heavy atom. The third-order valence-electron chi connectivity index (χ3n) is 2.20. The number of aromatic nitrogens is 5. The van der Waals surface area contributed by atoms with Gasteiger partial charge in [-0.2, -0.15) is 0 Å². The first kappa shape index (κ1) is 13.9. The lowest BCUT2D eigenvalue weighted by Crippen LogP contribution is -2.11. The van der Waals surface area contributed by atoms with Crippen molar-refractivity contribution in [1.82, 2.24) is 25.2 Å². The van der Waals surface area contributed by atoms with Gasteiger partial charge < -0.3 is 5.11 Å². The highest BCUT2D eigenvalue weighted by molar-refractivity contribution is 7.98. The van der Waals surface area contributed by atoms with Crippen LogP contribution in [0, 0.1) is 0 Å². The van der Waals surface area contributed by atoms with Gasteiger partial charge in [0.2, 0.25) is 5.16 Å². The Morgan fingerprint density at radius 1 is 1.58 bits per heavy atom. The zero-order valence-corrected chi connectivity index (χ0v) is 12.1. The zero-order valence-electron chi connectivity index (χ0n) is 10.5. The summed E-state index contributed by atoms with van der Waals surface area (Å²) in [5.74, 6) is 0.0782. The van der Waals surface area contributed by atoms with E-state index in [2.05, 4.69) is 34.4 Å². The Balaban J connectivity index is 1.98. The van der Waals surface area contributed by atoms with Crippen LogP contribution in [-0.2, 0) is 17.1 Å². The second-order valence-corrected chi connectivity index (χ2v) is 5.97. The van der Waals surface area contributed by atoms with Gasteiger partial charge in [0.25, 0.3) is 0 Å². The lowest BCUT2D eigenvalue weighted by molar-refractivity contribution is -0.138. The first-order chi connectivity index (χ1) is 9.06. The molecular formula is C10H13N5O2S2. The molecule has 0 saturated carbocycles. The summed E-state index contributed by atoms with van der Waals surface area (Å²) in [4.78, 5) is 15.1. The Hall–Kier alpha value is -1.48. The van der Waals surface area contributed by atoms with Gasteiger partial charge in [0.15, 0.2) is 0 Å². The Morgan fingerprint density at radius 2 is 2.37 bits per heavy atom. The molecular weight excluding hydrogens is 286 g/mol. The first-order valence-electron chi connectivity index (χ1n) is 5.61. The molecule has 1 N–H and O–H groups in total. The summed E-state index contributed by atoms with van der Waals surface area (Å²) in [5.41, 5.74) is 0.962. The quantitative estimate of drug-likeness (QED) is 0.810. The van der Waals surface area contributed by atoms with E-state index < -0.39 is 5.97 Å². The minimum atomic E-state index is -0.968. The summed E-state index contributed by atoms with van der Waals surface area (Å²) in [7, 11) is 0. The molecule has 0 aliphatic rings. The van der Waals surface area contributed by atoms with Gasteiger partial charge in [-0.15, -0.1) is 16.4 Å². The lowest BCUT2D eigenvalue weighted by atomic mass is 10.2. The van der Waals surface area contributed by atoms with Crippen LogP contribution in [0.15, 0.2) is 10.5 Å². The summed E-state index contributed by atoms with van der Waals surface area (Å²) in [6, 6.07) is 0. The maximum atomic E-state index is 10.6. The summed E-state index contributed by atoms with van der Waals surface area (Å²) >= 11 is 3.01. The number of tetrazole rings is 1. The van der Waals surface area contributed by atoms with Crippen LogP contribution in [0.3, 0.4) is 0 Å². The van der Waals surface area contributed by atoms with E-state index in [-0.39, 0.29) is 6.54 Å². The van der Waals surface area contributed by atoms with Gasteiger partial charge in [0.05, 0.1) is 10.7 Å². The number of thioether (sulfide) groups is 1. The maximum absolute atomic E-state index is 10.6. The number of aliphatic carboxylic acids is 1.